The molecule has 6 nitrogen and oxygen atoms in total. The third-order valence-corrected chi connectivity index (χ3v) is 2.52. The van der Waals surface area contributed by atoms with Crippen LogP contribution in [0.25, 0.3) is 0 Å². The molecule has 0 spiro atoms. The molecule has 0 aliphatic rings. The Kier molecular flexibility index (Phi) is 5.95. The van der Waals surface area contributed by atoms with Crippen LogP contribution < -0.4 is 10.6 Å². The van der Waals surface area contributed by atoms with E-state index in [-0.39, 0.29) is 0 Å². The van der Waals surface area contributed by atoms with Gasteiger partial charge in [-0.3, -0.25) is 9.59 Å². The Morgan fingerprint density at radius 2 is 2.05 bits per heavy atom. The number of carbonyl (C=O) groups is 2. The molecule has 1 heterocycles. The first kappa shape index (κ1) is 15.1. The lowest BCUT2D eigenvalue weighted by Crippen LogP contribution is -2.37. The Balaban J connectivity index is 2.37. The van der Waals surface area contributed by atoms with Gasteiger partial charge in [-0.15, -0.1) is 0 Å². The third-order valence-electron chi connectivity index (χ3n) is 2.52. The van der Waals surface area contributed by atoms with E-state index in [4.69, 9.17) is 0 Å². The molecule has 2 amide bonds. The number of aromatic nitrogens is 1. The molecule has 0 radical (unpaired) electrons. The van der Waals surface area contributed by atoms with Crippen LogP contribution in [0, 0.1) is 6.92 Å². The smallest absolute Gasteiger partial charge is 0.314 e. The van der Waals surface area contributed by atoms with Crippen molar-refractivity contribution in [2.24, 2.45) is 0 Å². The van der Waals surface area contributed by atoms with Crippen molar-refractivity contribution < 1.29 is 9.59 Å². The molecule has 0 aliphatic carbocycles. The number of nitrogens with one attached hydrogen (secondary N) is 2. The van der Waals surface area contributed by atoms with Crippen LogP contribution in [0.2, 0.25) is 0 Å². The van der Waals surface area contributed by atoms with Gasteiger partial charge in [-0.1, -0.05) is 6.07 Å². The van der Waals surface area contributed by atoms with Gasteiger partial charge in [0.1, 0.15) is 5.82 Å². The summed E-state index contributed by atoms with van der Waals surface area (Å²) >= 11 is 0. The minimum atomic E-state index is -0.688. The van der Waals surface area contributed by atoms with Crippen molar-refractivity contribution in [1.82, 2.24) is 15.2 Å². The van der Waals surface area contributed by atoms with Crippen LogP contribution in [0.5, 0.6) is 0 Å². The van der Waals surface area contributed by atoms with E-state index in [1.54, 1.807) is 12.3 Å². The fourth-order valence-corrected chi connectivity index (χ4v) is 1.46. The van der Waals surface area contributed by atoms with Crippen molar-refractivity contribution in [3.8, 4) is 0 Å². The van der Waals surface area contributed by atoms with Crippen molar-refractivity contribution in [2.75, 3.05) is 32.5 Å². The average molecular weight is 264 g/mol. The molecular formula is C13H20N4O2. The molecule has 1 rings (SSSR count). The topological polar surface area (TPSA) is 74.3 Å². The molecular weight excluding hydrogens is 244 g/mol. The number of nitrogens with zero attached hydrogens (tertiary/aromatic N) is 2. The third kappa shape index (κ3) is 5.48. The maximum atomic E-state index is 11.6. The largest absolute Gasteiger partial charge is 0.348 e. The molecule has 0 aromatic carbocycles. The fraction of sp³-hybridized carbons (Fsp3) is 0.462. The van der Waals surface area contributed by atoms with Gasteiger partial charge in [0.2, 0.25) is 0 Å². The SMILES string of the molecule is Cc1cccnc1NC(=O)C(=O)NCCCN(C)C. The zero-order valence-corrected chi connectivity index (χ0v) is 11.6. The Morgan fingerprint density at radius 1 is 1.32 bits per heavy atom. The van der Waals surface area contributed by atoms with Gasteiger partial charge in [-0.25, -0.2) is 4.98 Å². The molecule has 0 aliphatic heterocycles. The minimum Gasteiger partial charge on any atom is -0.348 e. The molecule has 0 saturated heterocycles. The quantitative estimate of drug-likeness (QED) is 0.596. The highest BCUT2D eigenvalue weighted by molar-refractivity contribution is 6.39. The fourth-order valence-electron chi connectivity index (χ4n) is 1.46. The van der Waals surface area contributed by atoms with Crippen molar-refractivity contribution in [3.63, 3.8) is 0 Å². The minimum absolute atomic E-state index is 0.413. The van der Waals surface area contributed by atoms with Crippen LogP contribution >= 0.6 is 0 Å². The highest BCUT2D eigenvalue weighted by atomic mass is 16.2. The molecule has 19 heavy (non-hydrogen) atoms. The number of amides is 2. The maximum absolute atomic E-state index is 11.6. The second-order valence-corrected chi connectivity index (χ2v) is 4.54. The Bertz CT molecular complexity index is 446. The lowest BCUT2D eigenvalue weighted by molar-refractivity contribution is -0.136. The van der Waals surface area contributed by atoms with E-state index in [1.807, 2.05) is 32.0 Å². The predicted molar refractivity (Wildman–Crippen MR) is 73.8 cm³/mol. The van der Waals surface area contributed by atoms with Gasteiger partial charge >= 0.3 is 11.8 Å². The summed E-state index contributed by atoms with van der Waals surface area (Å²) in [5, 5.41) is 5.06. The lowest BCUT2D eigenvalue weighted by Gasteiger charge is -2.10. The summed E-state index contributed by atoms with van der Waals surface area (Å²) < 4.78 is 0. The van der Waals surface area contributed by atoms with Crippen LogP contribution in [-0.4, -0.2) is 48.9 Å². The van der Waals surface area contributed by atoms with E-state index in [0.717, 1.165) is 18.5 Å². The number of anilines is 1. The number of hydrogen-bond donors (Lipinski definition) is 2. The highest BCUT2D eigenvalue weighted by Gasteiger charge is 2.14. The van der Waals surface area contributed by atoms with Gasteiger partial charge in [0.25, 0.3) is 0 Å². The summed E-state index contributed by atoms with van der Waals surface area (Å²) in [5.41, 5.74) is 0.816. The zero-order valence-electron chi connectivity index (χ0n) is 11.6. The lowest BCUT2D eigenvalue weighted by atomic mass is 10.3. The van der Waals surface area contributed by atoms with Crippen molar-refractivity contribution in [1.29, 1.82) is 0 Å². The number of pyridine rings is 1. The van der Waals surface area contributed by atoms with Gasteiger partial charge in [-0.05, 0) is 45.6 Å². The number of hydrogen-bond acceptors (Lipinski definition) is 4. The summed E-state index contributed by atoms with van der Waals surface area (Å²) in [7, 11) is 3.91. The van der Waals surface area contributed by atoms with E-state index in [1.165, 1.54) is 0 Å². The van der Waals surface area contributed by atoms with Gasteiger partial charge < -0.3 is 15.5 Å². The van der Waals surface area contributed by atoms with Crippen LogP contribution in [-0.2, 0) is 9.59 Å². The second-order valence-electron chi connectivity index (χ2n) is 4.54. The number of carbonyl (C=O) groups excluding carboxylic acids is 2. The van der Waals surface area contributed by atoms with E-state index in [0.29, 0.717) is 12.4 Å². The molecule has 0 fully saturated rings. The van der Waals surface area contributed by atoms with Crippen molar-refractivity contribution in [2.45, 2.75) is 13.3 Å². The Labute approximate surface area is 113 Å². The van der Waals surface area contributed by atoms with Gasteiger partial charge in [0, 0.05) is 12.7 Å². The Morgan fingerprint density at radius 3 is 2.68 bits per heavy atom. The molecule has 2 N–H and O–H groups in total. The zero-order chi connectivity index (χ0) is 14.3. The summed E-state index contributed by atoms with van der Waals surface area (Å²) in [4.78, 5) is 29.2. The first-order valence-corrected chi connectivity index (χ1v) is 6.16. The number of rotatable bonds is 5. The maximum Gasteiger partial charge on any atom is 0.314 e. The average Bonchev–Trinajstić information content (AvgIpc) is 2.36. The van der Waals surface area contributed by atoms with Crippen LogP contribution in [0.1, 0.15) is 12.0 Å². The van der Waals surface area contributed by atoms with Crippen LogP contribution in [0.3, 0.4) is 0 Å². The monoisotopic (exact) mass is 264 g/mol. The predicted octanol–water partition coefficient (Wildman–Crippen LogP) is 0.396. The molecule has 104 valence electrons. The summed E-state index contributed by atoms with van der Waals surface area (Å²) in [6.07, 6.45) is 2.37. The summed E-state index contributed by atoms with van der Waals surface area (Å²) in [5.74, 6) is -0.911. The normalized spacial score (nSPS) is 10.3. The van der Waals surface area contributed by atoms with Crippen LogP contribution in [0.4, 0.5) is 5.82 Å². The summed E-state index contributed by atoms with van der Waals surface area (Å²) in [6.45, 7) is 3.16. The van der Waals surface area contributed by atoms with E-state index in [9.17, 15) is 9.59 Å². The standard InChI is InChI=1S/C13H20N4O2/c1-10-6-4-7-14-11(10)16-13(19)12(18)15-8-5-9-17(2)3/h4,6-7H,5,8-9H2,1-3H3,(H,15,18)(H,14,16,19). The van der Waals surface area contributed by atoms with Gasteiger partial charge in [-0.2, -0.15) is 0 Å². The summed E-state index contributed by atoms with van der Waals surface area (Å²) in [6, 6.07) is 3.59. The van der Waals surface area contributed by atoms with E-state index in [2.05, 4.69) is 15.6 Å². The molecule has 0 atom stereocenters. The molecule has 0 unspecified atom stereocenters. The molecule has 1 aromatic rings. The number of aryl methyl sites for hydroxylation is 1. The Hall–Kier alpha value is -1.95. The molecule has 1 aromatic heterocycles. The highest BCUT2D eigenvalue weighted by Crippen LogP contribution is 2.08. The van der Waals surface area contributed by atoms with Crippen molar-refractivity contribution >= 4 is 17.6 Å². The second kappa shape index (κ2) is 7.48. The molecule has 0 saturated carbocycles. The van der Waals surface area contributed by atoms with Gasteiger partial charge in [0.15, 0.2) is 0 Å². The van der Waals surface area contributed by atoms with E-state index < -0.39 is 11.8 Å². The molecule has 6 heteroatoms. The van der Waals surface area contributed by atoms with Gasteiger partial charge in [0.05, 0.1) is 0 Å². The first-order chi connectivity index (χ1) is 9.00. The van der Waals surface area contributed by atoms with Crippen LogP contribution in [0.15, 0.2) is 18.3 Å². The van der Waals surface area contributed by atoms with Crippen molar-refractivity contribution in [3.05, 3.63) is 23.9 Å². The van der Waals surface area contributed by atoms with E-state index >= 15 is 0 Å². The first-order valence-electron chi connectivity index (χ1n) is 6.16. The molecule has 0 bridgehead atoms.